The summed E-state index contributed by atoms with van der Waals surface area (Å²) in [4.78, 5) is 27.4. The number of pyridine rings is 1. The van der Waals surface area contributed by atoms with Crippen LogP contribution in [0.5, 0.6) is 0 Å². The third-order valence-corrected chi connectivity index (χ3v) is 7.43. The number of H-pyrrole nitrogens is 1. The van der Waals surface area contributed by atoms with Crippen molar-refractivity contribution in [2.24, 2.45) is 0 Å². The summed E-state index contributed by atoms with van der Waals surface area (Å²) in [7, 11) is 0. The molecule has 32 heavy (non-hydrogen) atoms. The van der Waals surface area contributed by atoms with Crippen molar-refractivity contribution < 1.29 is 4.79 Å². The Bertz CT molecular complexity index is 1140. The Morgan fingerprint density at radius 2 is 2.09 bits per heavy atom. The molecule has 1 saturated heterocycles. The predicted octanol–water partition coefficient (Wildman–Crippen LogP) is 5.09. The Hall–Kier alpha value is -2.64. The highest BCUT2D eigenvalue weighted by Crippen LogP contribution is 2.34. The predicted molar refractivity (Wildman–Crippen MR) is 132 cm³/mol. The number of nitrogens with one attached hydrogen (secondary N) is 2. The molecule has 2 aliphatic heterocycles. The van der Waals surface area contributed by atoms with Crippen LogP contribution in [0, 0.1) is 0 Å². The van der Waals surface area contributed by atoms with Gasteiger partial charge in [-0.25, -0.2) is 9.78 Å². The summed E-state index contributed by atoms with van der Waals surface area (Å²) in [5.41, 5.74) is 4.57. The molecule has 0 unspecified atom stereocenters. The van der Waals surface area contributed by atoms with Crippen LogP contribution in [0.4, 0.5) is 4.79 Å². The van der Waals surface area contributed by atoms with Gasteiger partial charge in [0.15, 0.2) is 0 Å². The highest BCUT2D eigenvalue weighted by Gasteiger charge is 2.20. The Labute approximate surface area is 193 Å². The minimum absolute atomic E-state index is 0.0145. The number of carbonyl (C=O) groups is 1. The Balaban J connectivity index is 1.35. The molecule has 2 aliphatic rings. The van der Waals surface area contributed by atoms with Crippen LogP contribution in [0.15, 0.2) is 36.7 Å². The van der Waals surface area contributed by atoms with Crippen LogP contribution in [0.1, 0.15) is 43.6 Å². The van der Waals surface area contributed by atoms with E-state index in [9.17, 15) is 4.79 Å². The van der Waals surface area contributed by atoms with E-state index in [-0.39, 0.29) is 12.1 Å². The van der Waals surface area contributed by atoms with Crippen molar-refractivity contribution in [3.8, 4) is 10.4 Å². The van der Waals surface area contributed by atoms with E-state index in [0.717, 1.165) is 30.5 Å². The number of urea groups is 1. The number of hydrogen-bond acceptors (Lipinski definition) is 4. The first kappa shape index (κ1) is 21.2. The van der Waals surface area contributed by atoms with E-state index in [1.807, 2.05) is 36.3 Å². The van der Waals surface area contributed by atoms with Crippen LogP contribution >= 0.6 is 11.3 Å². The van der Waals surface area contributed by atoms with Crippen LogP contribution in [0.3, 0.4) is 0 Å². The fraction of sp³-hybridized carbons (Fsp3) is 0.440. The molecule has 7 heteroatoms. The molecule has 0 radical (unpaired) electrons. The molecule has 168 valence electrons. The van der Waals surface area contributed by atoms with Crippen LogP contribution in [-0.2, 0) is 6.54 Å². The molecule has 3 aromatic heterocycles. The van der Waals surface area contributed by atoms with Crippen LogP contribution in [0.25, 0.3) is 27.0 Å². The molecule has 3 aromatic rings. The fourth-order valence-corrected chi connectivity index (χ4v) is 5.65. The third-order valence-electron chi connectivity index (χ3n) is 6.31. The molecule has 0 bridgehead atoms. The molecule has 5 rings (SSSR count). The van der Waals surface area contributed by atoms with E-state index >= 15 is 0 Å². The molecule has 6 nitrogen and oxygen atoms in total. The summed E-state index contributed by atoms with van der Waals surface area (Å²) >= 11 is 1.88. The van der Waals surface area contributed by atoms with Gasteiger partial charge in [0.25, 0.3) is 0 Å². The Morgan fingerprint density at radius 3 is 2.84 bits per heavy atom. The van der Waals surface area contributed by atoms with Gasteiger partial charge in [0.2, 0.25) is 0 Å². The standard InChI is InChI=1S/C25H31N5OS/c1-17(2)28-25(31)30-11-7-18(8-12-30)22-15-27-24-21(22)13-19(14-26-24)23-6-5-20(32-23)16-29-9-3-4-10-29/h5-7,13-15,17H,3-4,8-12,16H2,1-2H3,(H,26,27)(H,28,31). The number of aromatic nitrogens is 2. The van der Waals surface area contributed by atoms with Gasteiger partial charge < -0.3 is 15.2 Å². The fourth-order valence-electron chi connectivity index (χ4n) is 4.62. The van der Waals surface area contributed by atoms with Crippen molar-refractivity contribution in [3.63, 3.8) is 0 Å². The monoisotopic (exact) mass is 449 g/mol. The SMILES string of the molecule is CC(C)NC(=O)N1CC=C(c2c[nH]c3ncc(-c4ccc(CN5CCCC5)s4)cc23)CC1. The van der Waals surface area contributed by atoms with Gasteiger partial charge in [0, 0.05) is 64.3 Å². The summed E-state index contributed by atoms with van der Waals surface area (Å²) in [6.45, 7) is 8.85. The lowest BCUT2D eigenvalue weighted by Crippen LogP contribution is -2.44. The average molecular weight is 450 g/mol. The zero-order valence-corrected chi connectivity index (χ0v) is 19.7. The zero-order valence-electron chi connectivity index (χ0n) is 18.9. The molecular formula is C25H31N5OS. The number of aromatic amines is 1. The normalized spacial score (nSPS) is 17.3. The maximum Gasteiger partial charge on any atom is 0.317 e. The molecule has 1 fully saturated rings. The van der Waals surface area contributed by atoms with E-state index in [1.54, 1.807) is 0 Å². The molecule has 0 spiro atoms. The molecule has 5 heterocycles. The van der Waals surface area contributed by atoms with Crippen LogP contribution in [0.2, 0.25) is 0 Å². The van der Waals surface area contributed by atoms with Crippen molar-refractivity contribution in [1.29, 1.82) is 0 Å². The first-order chi connectivity index (χ1) is 15.6. The minimum Gasteiger partial charge on any atom is -0.346 e. The second kappa shape index (κ2) is 9.08. The maximum atomic E-state index is 12.3. The first-order valence-electron chi connectivity index (χ1n) is 11.6. The van der Waals surface area contributed by atoms with Crippen molar-refractivity contribution in [1.82, 2.24) is 25.1 Å². The highest BCUT2D eigenvalue weighted by molar-refractivity contribution is 7.15. The smallest absolute Gasteiger partial charge is 0.317 e. The molecular weight excluding hydrogens is 418 g/mol. The number of likely N-dealkylation sites (tertiary alicyclic amines) is 1. The molecule has 0 atom stereocenters. The lowest BCUT2D eigenvalue weighted by atomic mass is 9.99. The van der Waals surface area contributed by atoms with Crippen molar-refractivity contribution in [3.05, 3.63) is 47.1 Å². The number of nitrogens with zero attached hydrogens (tertiary/aromatic N) is 3. The lowest BCUT2D eigenvalue weighted by Gasteiger charge is -2.27. The van der Waals surface area contributed by atoms with E-state index in [1.165, 1.54) is 52.4 Å². The topological polar surface area (TPSA) is 64.3 Å². The van der Waals surface area contributed by atoms with Gasteiger partial charge in [-0.1, -0.05) is 6.08 Å². The molecule has 0 aromatic carbocycles. The molecule has 0 saturated carbocycles. The summed E-state index contributed by atoms with van der Waals surface area (Å²) in [6.07, 6.45) is 9.71. The quantitative estimate of drug-likeness (QED) is 0.570. The number of carbonyl (C=O) groups excluding carboxylic acids is 1. The van der Waals surface area contributed by atoms with E-state index in [2.05, 4.69) is 45.7 Å². The minimum atomic E-state index is 0.0145. The number of thiophene rings is 1. The molecule has 2 amide bonds. The van der Waals surface area contributed by atoms with Crippen LogP contribution < -0.4 is 5.32 Å². The Kier molecular flexibility index (Phi) is 6.02. The maximum absolute atomic E-state index is 12.3. The van der Waals surface area contributed by atoms with Crippen LogP contribution in [-0.4, -0.2) is 58.0 Å². The van der Waals surface area contributed by atoms with Gasteiger partial charge in [0.1, 0.15) is 5.65 Å². The van der Waals surface area contributed by atoms with E-state index < -0.39 is 0 Å². The van der Waals surface area contributed by atoms with Crippen molar-refractivity contribution >= 4 is 34.0 Å². The zero-order chi connectivity index (χ0) is 22.1. The first-order valence-corrected chi connectivity index (χ1v) is 12.4. The summed E-state index contributed by atoms with van der Waals surface area (Å²) in [5, 5.41) is 4.14. The second-order valence-corrected chi connectivity index (χ2v) is 10.3. The van der Waals surface area contributed by atoms with Gasteiger partial charge in [-0.05, 0) is 70.0 Å². The summed E-state index contributed by atoms with van der Waals surface area (Å²) in [5.74, 6) is 0. The Morgan fingerprint density at radius 1 is 1.25 bits per heavy atom. The number of rotatable bonds is 5. The average Bonchev–Trinajstić information content (AvgIpc) is 3.54. The lowest BCUT2D eigenvalue weighted by molar-refractivity contribution is 0.200. The molecule has 0 aliphatic carbocycles. The third kappa shape index (κ3) is 4.45. The van der Waals surface area contributed by atoms with Gasteiger partial charge in [-0.15, -0.1) is 11.3 Å². The molecule has 2 N–H and O–H groups in total. The summed E-state index contributed by atoms with van der Waals surface area (Å²) in [6, 6.07) is 6.93. The van der Waals surface area contributed by atoms with E-state index in [4.69, 9.17) is 4.98 Å². The summed E-state index contributed by atoms with van der Waals surface area (Å²) < 4.78 is 0. The number of amides is 2. The number of fused-ring (bicyclic) bond motifs is 1. The largest absolute Gasteiger partial charge is 0.346 e. The number of hydrogen-bond donors (Lipinski definition) is 2. The second-order valence-electron chi connectivity index (χ2n) is 9.10. The highest BCUT2D eigenvalue weighted by atomic mass is 32.1. The van der Waals surface area contributed by atoms with Crippen molar-refractivity contribution in [2.45, 2.75) is 45.7 Å². The van der Waals surface area contributed by atoms with E-state index in [0.29, 0.717) is 6.54 Å². The van der Waals surface area contributed by atoms with Gasteiger partial charge in [-0.3, -0.25) is 4.90 Å². The van der Waals surface area contributed by atoms with Gasteiger partial charge in [-0.2, -0.15) is 0 Å². The van der Waals surface area contributed by atoms with Gasteiger partial charge >= 0.3 is 6.03 Å². The van der Waals surface area contributed by atoms with Crippen molar-refractivity contribution in [2.75, 3.05) is 26.2 Å². The van der Waals surface area contributed by atoms with Gasteiger partial charge in [0.05, 0.1) is 0 Å².